The van der Waals surface area contributed by atoms with Crippen molar-refractivity contribution in [3.05, 3.63) is 35.4 Å². The number of ether oxygens (including phenoxy) is 1. The number of rotatable bonds is 8. The molecule has 0 saturated heterocycles. The largest absolute Gasteiger partial charge is 0.377 e. The SMILES string of the molecule is CCOCc1ccccc1CNC(=NC)NC1CCCC(S(=O)CC)C1. The van der Waals surface area contributed by atoms with Crippen LogP contribution in [0.2, 0.25) is 0 Å². The zero-order valence-corrected chi connectivity index (χ0v) is 17.1. The smallest absolute Gasteiger partial charge is 0.191 e. The van der Waals surface area contributed by atoms with Gasteiger partial charge in [-0.1, -0.05) is 37.6 Å². The summed E-state index contributed by atoms with van der Waals surface area (Å²) in [5.74, 6) is 1.56. The molecule has 2 rings (SSSR count). The molecule has 0 aromatic heterocycles. The molecular weight excluding hydrogens is 346 g/mol. The maximum Gasteiger partial charge on any atom is 0.191 e. The van der Waals surface area contributed by atoms with Crippen molar-refractivity contribution in [1.29, 1.82) is 0 Å². The van der Waals surface area contributed by atoms with Gasteiger partial charge in [0, 0.05) is 48.0 Å². The number of benzene rings is 1. The summed E-state index contributed by atoms with van der Waals surface area (Å²) in [6.07, 6.45) is 4.28. The van der Waals surface area contributed by atoms with Crippen LogP contribution in [0.1, 0.15) is 50.7 Å². The standard InChI is InChI=1S/C20H33N3O2S/c1-4-25-15-17-10-7-6-9-16(17)14-22-20(21-3)23-18-11-8-12-19(13-18)26(24)5-2/h6-7,9-10,18-19H,4-5,8,11-15H2,1-3H3,(H2,21,22,23). The minimum Gasteiger partial charge on any atom is -0.377 e. The normalized spacial score (nSPS) is 22.0. The quantitative estimate of drug-likeness (QED) is 0.538. The molecule has 1 aromatic rings. The van der Waals surface area contributed by atoms with Gasteiger partial charge in [0.2, 0.25) is 0 Å². The zero-order valence-electron chi connectivity index (χ0n) is 16.3. The van der Waals surface area contributed by atoms with E-state index in [0.717, 1.165) is 37.4 Å². The summed E-state index contributed by atoms with van der Waals surface area (Å²) in [5, 5.41) is 7.25. The zero-order chi connectivity index (χ0) is 18.8. The molecule has 0 aliphatic heterocycles. The molecule has 1 aliphatic rings. The molecule has 0 heterocycles. The van der Waals surface area contributed by atoms with Crippen molar-refractivity contribution in [2.45, 2.75) is 64.0 Å². The average molecular weight is 380 g/mol. The minimum atomic E-state index is -0.705. The van der Waals surface area contributed by atoms with Crippen molar-refractivity contribution in [1.82, 2.24) is 10.6 Å². The number of guanidine groups is 1. The van der Waals surface area contributed by atoms with Crippen LogP contribution < -0.4 is 10.6 Å². The Hall–Kier alpha value is -1.40. The van der Waals surface area contributed by atoms with E-state index < -0.39 is 10.8 Å². The maximum absolute atomic E-state index is 12.1. The van der Waals surface area contributed by atoms with E-state index in [1.54, 1.807) is 7.05 Å². The highest BCUT2D eigenvalue weighted by atomic mass is 32.2. The first-order valence-electron chi connectivity index (χ1n) is 9.66. The third-order valence-electron chi connectivity index (χ3n) is 4.87. The molecule has 3 unspecified atom stereocenters. The van der Waals surface area contributed by atoms with E-state index in [1.165, 1.54) is 11.1 Å². The number of nitrogens with one attached hydrogen (secondary N) is 2. The Balaban J connectivity index is 1.89. The maximum atomic E-state index is 12.1. The summed E-state index contributed by atoms with van der Waals surface area (Å²) in [7, 11) is 1.09. The van der Waals surface area contributed by atoms with Gasteiger partial charge >= 0.3 is 0 Å². The van der Waals surface area contributed by atoms with Crippen LogP contribution in [0.3, 0.4) is 0 Å². The fourth-order valence-electron chi connectivity index (χ4n) is 3.40. The molecule has 0 spiro atoms. The van der Waals surface area contributed by atoms with Crippen molar-refractivity contribution in [2.75, 3.05) is 19.4 Å². The molecule has 6 heteroatoms. The third kappa shape index (κ3) is 6.40. The van der Waals surface area contributed by atoms with E-state index in [1.807, 2.05) is 19.9 Å². The highest BCUT2D eigenvalue weighted by Crippen LogP contribution is 2.23. The average Bonchev–Trinajstić information content (AvgIpc) is 2.69. The van der Waals surface area contributed by atoms with Crippen LogP contribution in [0.25, 0.3) is 0 Å². The van der Waals surface area contributed by atoms with Crippen LogP contribution >= 0.6 is 0 Å². The molecule has 146 valence electrons. The van der Waals surface area contributed by atoms with Gasteiger partial charge in [-0.3, -0.25) is 9.20 Å². The topological polar surface area (TPSA) is 62.7 Å². The second kappa shape index (κ2) is 11.3. The van der Waals surface area contributed by atoms with Gasteiger partial charge < -0.3 is 15.4 Å². The monoisotopic (exact) mass is 379 g/mol. The van der Waals surface area contributed by atoms with E-state index in [-0.39, 0.29) is 0 Å². The van der Waals surface area contributed by atoms with Crippen LogP contribution in [0.15, 0.2) is 29.3 Å². The minimum absolute atomic E-state index is 0.316. The van der Waals surface area contributed by atoms with Gasteiger partial charge in [-0.05, 0) is 37.3 Å². The third-order valence-corrected chi connectivity index (χ3v) is 6.61. The van der Waals surface area contributed by atoms with E-state index in [0.29, 0.717) is 31.1 Å². The van der Waals surface area contributed by atoms with E-state index in [9.17, 15) is 4.21 Å². The van der Waals surface area contributed by atoms with Crippen LogP contribution in [0, 0.1) is 0 Å². The van der Waals surface area contributed by atoms with E-state index in [2.05, 4.69) is 33.8 Å². The van der Waals surface area contributed by atoms with Crippen molar-refractivity contribution in [2.24, 2.45) is 4.99 Å². The summed E-state index contributed by atoms with van der Waals surface area (Å²) < 4.78 is 17.7. The Morgan fingerprint density at radius 1 is 1.27 bits per heavy atom. The van der Waals surface area contributed by atoms with Gasteiger partial charge in [-0.25, -0.2) is 0 Å². The predicted molar refractivity (Wildman–Crippen MR) is 110 cm³/mol. The molecule has 5 nitrogen and oxygen atoms in total. The second-order valence-electron chi connectivity index (χ2n) is 6.63. The predicted octanol–water partition coefficient (Wildman–Crippen LogP) is 2.97. The summed E-state index contributed by atoms with van der Waals surface area (Å²) in [6, 6.07) is 8.66. The van der Waals surface area contributed by atoms with Crippen molar-refractivity contribution >= 4 is 16.8 Å². The summed E-state index contributed by atoms with van der Waals surface area (Å²) in [4.78, 5) is 4.37. The van der Waals surface area contributed by atoms with Crippen LogP contribution in [0.4, 0.5) is 0 Å². The molecule has 3 atom stereocenters. The highest BCUT2D eigenvalue weighted by molar-refractivity contribution is 7.85. The van der Waals surface area contributed by atoms with Crippen LogP contribution in [-0.4, -0.2) is 40.9 Å². The molecule has 0 radical (unpaired) electrons. The molecule has 1 fully saturated rings. The number of nitrogens with zero attached hydrogens (tertiary/aromatic N) is 1. The Bertz CT molecular complexity index is 606. The lowest BCUT2D eigenvalue weighted by atomic mass is 9.95. The van der Waals surface area contributed by atoms with Crippen LogP contribution in [-0.2, 0) is 28.7 Å². The molecule has 1 aromatic carbocycles. The Labute approximate surface area is 160 Å². The van der Waals surface area contributed by atoms with E-state index >= 15 is 0 Å². The molecule has 1 saturated carbocycles. The lowest BCUT2D eigenvalue weighted by Crippen LogP contribution is -2.46. The molecule has 0 bridgehead atoms. The van der Waals surface area contributed by atoms with Gasteiger partial charge in [0.05, 0.1) is 6.61 Å². The first-order valence-corrected chi connectivity index (χ1v) is 11.0. The van der Waals surface area contributed by atoms with Gasteiger partial charge in [0.1, 0.15) is 0 Å². The molecule has 1 aliphatic carbocycles. The fourth-order valence-corrected chi connectivity index (χ4v) is 4.75. The Morgan fingerprint density at radius 3 is 2.73 bits per heavy atom. The second-order valence-corrected chi connectivity index (χ2v) is 8.64. The van der Waals surface area contributed by atoms with Crippen LogP contribution in [0.5, 0.6) is 0 Å². The van der Waals surface area contributed by atoms with Gasteiger partial charge in [0.25, 0.3) is 0 Å². The Morgan fingerprint density at radius 2 is 2.04 bits per heavy atom. The number of hydrogen-bond acceptors (Lipinski definition) is 3. The van der Waals surface area contributed by atoms with Gasteiger partial charge in [-0.15, -0.1) is 0 Å². The number of aliphatic imine (C=N–C) groups is 1. The lowest BCUT2D eigenvalue weighted by Gasteiger charge is -2.30. The Kier molecular flexibility index (Phi) is 9.12. The highest BCUT2D eigenvalue weighted by Gasteiger charge is 2.26. The molecule has 0 amide bonds. The van der Waals surface area contributed by atoms with Crippen molar-refractivity contribution in [3.8, 4) is 0 Å². The number of hydrogen-bond donors (Lipinski definition) is 2. The summed E-state index contributed by atoms with van der Waals surface area (Å²) >= 11 is 0. The van der Waals surface area contributed by atoms with Crippen molar-refractivity contribution < 1.29 is 8.95 Å². The van der Waals surface area contributed by atoms with Crippen molar-refractivity contribution in [3.63, 3.8) is 0 Å². The van der Waals surface area contributed by atoms with Gasteiger partial charge in [-0.2, -0.15) is 0 Å². The molecule has 2 N–H and O–H groups in total. The molecular formula is C20H33N3O2S. The van der Waals surface area contributed by atoms with Gasteiger partial charge in [0.15, 0.2) is 5.96 Å². The van der Waals surface area contributed by atoms with E-state index in [4.69, 9.17) is 4.74 Å². The summed E-state index contributed by atoms with van der Waals surface area (Å²) in [5.41, 5.74) is 2.42. The lowest BCUT2D eigenvalue weighted by molar-refractivity contribution is 0.133. The first kappa shape index (κ1) is 20.9. The molecule has 26 heavy (non-hydrogen) atoms. The summed E-state index contributed by atoms with van der Waals surface area (Å²) in [6.45, 7) is 6.07. The first-order chi connectivity index (χ1) is 12.7. The fraction of sp³-hybridized carbons (Fsp3) is 0.650.